The number of nitrogens with one attached hydrogen (secondary N) is 2. The van der Waals surface area contributed by atoms with Gasteiger partial charge in [-0.2, -0.15) is 10.1 Å². The molecule has 5 nitrogen and oxygen atoms in total. The van der Waals surface area contributed by atoms with Crippen molar-refractivity contribution >= 4 is 17.5 Å². The molecule has 0 saturated carbocycles. The van der Waals surface area contributed by atoms with Crippen LogP contribution in [-0.2, 0) is 6.42 Å². The summed E-state index contributed by atoms with van der Waals surface area (Å²) in [6.45, 7) is 0.435. The highest BCUT2D eigenvalue weighted by Gasteiger charge is 2.07. The van der Waals surface area contributed by atoms with Crippen molar-refractivity contribution < 1.29 is 13.2 Å². The fourth-order valence-corrected chi connectivity index (χ4v) is 2.18. The average Bonchev–Trinajstić information content (AvgIpc) is 2.60. The third-order valence-corrected chi connectivity index (χ3v) is 3.39. The molecule has 8 heteroatoms. The highest BCUT2D eigenvalue weighted by molar-refractivity contribution is 5.54. The zero-order chi connectivity index (χ0) is 17.6. The molecule has 3 aromatic rings. The standard InChI is InChI=1S/C17H14F3N5/c18-12-5-6-15(14(20)9-12)23-17-24-16(10-22-25-17)21-8-7-11-3-1-2-4-13(11)19/h1-6,9-10H,7-8H2,(H2,21,23,24,25). The lowest BCUT2D eigenvalue weighted by Gasteiger charge is -2.08. The first kappa shape index (κ1) is 16.7. The average molecular weight is 345 g/mol. The predicted molar refractivity (Wildman–Crippen MR) is 88.1 cm³/mol. The van der Waals surface area contributed by atoms with E-state index in [-0.39, 0.29) is 17.5 Å². The van der Waals surface area contributed by atoms with Crippen molar-refractivity contribution in [2.24, 2.45) is 0 Å². The Bertz CT molecular complexity index is 872. The first-order valence-electron chi connectivity index (χ1n) is 7.51. The molecule has 2 N–H and O–H groups in total. The maximum absolute atomic E-state index is 13.6. The molecule has 0 unspecified atom stereocenters. The van der Waals surface area contributed by atoms with Gasteiger partial charge >= 0.3 is 0 Å². The third kappa shape index (κ3) is 4.43. The first-order chi connectivity index (χ1) is 12.1. The minimum atomic E-state index is -0.762. The van der Waals surface area contributed by atoms with Gasteiger partial charge in [0.1, 0.15) is 17.5 Å². The molecule has 0 amide bonds. The highest BCUT2D eigenvalue weighted by atomic mass is 19.1. The predicted octanol–water partition coefficient (Wildman–Crippen LogP) is 3.69. The SMILES string of the molecule is Fc1ccc(Nc2nncc(NCCc3ccccc3F)n2)c(F)c1. The normalized spacial score (nSPS) is 10.5. The minimum absolute atomic E-state index is 0.0340. The number of anilines is 3. The van der Waals surface area contributed by atoms with Crippen LogP contribution in [0.3, 0.4) is 0 Å². The van der Waals surface area contributed by atoms with E-state index >= 15 is 0 Å². The molecule has 0 radical (unpaired) electrons. The van der Waals surface area contributed by atoms with E-state index in [9.17, 15) is 13.2 Å². The summed E-state index contributed by atoms with van der Waals surface area (Å²) < 4.78 is 40.1. The van der Waals surface area contributed by atoms with Crippen LogP contribution in [0.4, 0.5) is 30.6 Å². The van der Waals surface area contributed by atoms with Crippen LogP contribution >= 0.6 is 0 Å². The number of hydrogen-bond donors (Lipinski definition) is 2. The molecule has 0 aliphatic heterocycles. The summed E-state index contributed by atoms with van der Waals surface area (Å²) in [5.41, 5.74) is 0.621. The monoisotopic (exact) mass is 345 g/mol. The summed E-state index contributed by atoms with van der Waals surface area (Å²) in [5, 5.41) is 13.1. The summed E-state index contributed by atoms with van der Waals surface area (Å²) in [4.78, 5) is 4.14. The van der Waals surface area contributed by atoms with Gasteiger partial charge in [0.25, 0.3) is 0 Å². The zero-order valence-corrected chi connectivity index (χ0v) is 13.0. The van der Waals surface area contributed by atoms with Crippen LogP contribution in [-0.4, -0.2) is 21.7 Å². The van der Waals surface area contributed by atoms with E-state index in [4.69, 9.17) is 0 Å². The third-order valence-electron chi connectivity index (χ3n) is 3.39. The van der Waals surface area contributed by atoms with Gasteiger partial charge in [0.05, 0.1) is 11.9 Å². The molecule has 0 saturated heterocycles. The van der Waals surface area contributed by atoms with Crippen molar-refractivity contribution in [2.45, 2.75) is 6.42 Å². The van der Waals surface area contributed by atoms with Gasteiger partial charge in [-0.05, 0) is 30.2 Å². The number of hydrogen-bond acceptors (Lipinski definition) is 5. The smallest absolute Gasteiger partial charge is 0.249 e. The Morgan fingerprint density at radius 3 is 2.60 bits per heavy atom. The fraction of sp³-hybridized carbons (Fsp3) is 0.118. The van der Waals surface area contributed by atoms with Gasteiger partial charge in [0.15, 0.2) is 5.82 Å². The summed E-state index contributed by atoms with van der Waals surface area (Å²) in [6.07, 6.45) is 1.86. The maximum atomic E-state index is 13.6. The van der Waals surface area contributed by atoms with E-state index in [1.165, 1.54) is 18.3 Å². The van der Waals surface area contributed by atoms with Gasteiger partial charge < -0.3 is 10.6 Å². The van der Waals surface area contributed by atoms with E-state index in [1.54, 1.807) is 18.2 Å². The Morgan fingerprint density at radius 2 is 1.80 bits per heavy atom. The van der Waals surface area contributed by atoms with Gasteiger partial charge in [-0.25, -0.2) is 13.2 Å². The molecule has 1 heterocycles. The van der Waals surface area contributed by atoms with Crippen molar-refractivity contribution in [2.75, 3.05) is 17.2 Å². The topological polar surface area (TPSA) is 62.7 Å². The fourth-order valence-electron chi connectivity index (χ4n) is 2.18. The van der Waals surface area contributed by atoms with Crippen LogP contribution < -0.4 is 10.6 Å². The van der Waals surface area contributed by atoms with Crippen molar-refractivity contribution in [1.29, 1.82) is 0 Å². The summed E-state index contributed by atoms with van der Waals surface area (Å²) >= 11 is 0. The van der Waals surface area contributed by atoms with Gasteiger partial charge in [-0.15, -0.1) is 5.10 Å². The number of benzene rings is 2. The molecule has 0 spiro atoms. The van der Waals surface area contributed by atoms with E-state index in [1.807, 2.05) is 0 Å². The Balaban J connectivity index is 1.62. The first-order valence-corrected chi connectivity index (χ1v) is 7.51. The molecule has 25 heavy (non-hydrogen) atoms. The van der Waals surface area contributed by atoms with Crippen LogP contribution in [0, 0.1) is 17.5 Å². The second kappa shape index (κ2) is 7.61. The quantitative estimate of drug-likeness (QED) is 0.713. The van der Waals surface area contributed by atoms with E-state index in [2.05, 4.69) is 25.8 Å². The zero-order valence-electron chi connectivity index (χ0n) is 13.0. The van der Waals surface area contributed by atoms with Crippen LogP contribution in [0.2, 0.25) is 0 Å². The van der Waals surface area contributed by atoms with Crippen molar-refractivity contribution in [3.63, 3.8) is 0 Å². The van der Waals surface area contributed by atoms with Crippen molar-refractivity contribution in [3.8, 4) is 0 Å². The van der Waals surface area contributed by atoms with Gasteiger partial charge in [0, 0.05) is 12.6 Å². The molecule has 0 aliphatic carbocycles. The van der Waals surface area contributed by atoms with E-state index in [0.717, 1.165) is 12.1 Å². The number of nitrogens with zero attached hydrogens (tertiary/aromatic N) is 3. The van der Waals surface area contributed by atoms with E-state index < -0.39 is 11.6 Å². The van der Waals surface area contributed by atoms with Gasteiger partial charge in [0.2, 0.25) is 5.95 Å². The van der Waals surface area contributed by atoms with Crippen molar-refractivity contribution in [1.82, 2.24) is 15.2 Å². The van der Waals surface area contributed by atoms with Crippen molar-refractivity contribution in [3.05, 3.63) is 71.7 Å². The Hall–Kier alpha value is -3.16. The minimum Gasteiger partial charge on any atom is -0.368 e. The van der Waals surface area contributed by atoms with Crippen LogP contribution in [0.5, 0.6) is 0 Å². The highest BCUT2D eigenvalue weighted by Crippen LogP contribution is 2.18. The Kier molecular flexibility index (Phi) is 5.08. The largest absolute Gasteiger partial charge is 0.368 e. The number of aromatic nitrogens is 3. The lowest BCUT2D eigenvalue weighted by molar-refractivity contribution is 0.586. The summed E-state index contributed by atoms with van der Waals surface area (Å²) in [5.74, 6) is -1.25. The molecule has 0 fully saturated rings. The second-order valence-electron chi connectivity index (χ2n) is 5.18. The summed E-state index contributed by atoms with van der Waals surface area (Å²) in [7, 11) is 0. The number of halogens is 3. The maximum Gasteiger partial charge on any atom is 0.249 e. The molecular weight excluding hydrogens is 331 g/mol. The molecule has 1 aromatic heterocycles. The molecule has 0 bridgehead atoms. The van der Waals surface area contributed by atoms with Crippen LogP contribution in [0.1, 0.15) is 5.56 Å². The van der Waals surface area contributed by atoms with Gasteiger partial charge in [-0.1, -0.05) is 18.2 Å². The molecule has 128 valence electrons. The second-order valence-corrected chi connectivity index (χ2v) is 5.18. The van der Waals surface area contributed by atoms with Crippen LogP contribution in [0.25, 0.3) is 0 Å². The van der Waals surface area contributed by atoms with Gasteiger partial charge in [-0.3, -0.25) is 0 Å². The van der Waals surface area contributed by atoms with E-state index in [0.29, 0.717) is 24.3 Å². The lowest BCUT2D eigenvalue weighted by Crippen LogP contribution is -2.09. The Labute approximate surface area is 141 Å². The number of rotatable bonds is 6. The molecule has 0 aliphatic rings. The lowest BCUT2D eigenvalue weighted by atomic mass is 10.1. The molecule has 0 atom stereocenters. The Morgan fingerprint density at radius 1 is 0.960 bits per heavy atom. The van der Waals surface area contributed by atoms with Crippen LogP contribution in [0.15, 0.2) is 48.7 Å². The molecule has 3 rings (SSSR count). The summed E-state index contributed by atoms with van der Waals surface area (Å²) in [6, 6.07) is 9.63. The molecule has 2 aromatic carbocycles. The molecular formula is C17H14F3N5.